The molecule has 2 aromatic carbocycles. The SMILES string of the molecule is Cc1noc([C@H](N)Cc2ccc(-c3ccc(C(F)(F)F)cc3)cc2)n1. The van der Waals surface area contributed by atoms with Crippen LogP contribution in [0.4, 0.5) is 13.2 Å². The Morgan fingerprint density at radius 2 is 1.56 bits per heavy atom. The molecule has 2 N–H and O–H groups in total. The van der Waals surface area contributed by atoms with Crippen LogP contribution < -0.4 is 5.73 Å². The van der Waals surface area contributed by atoms with Crippen molar-refractivity contribution in [1.29, 1.82) is 0 Å². The number of rotatable bonds is 4. The molecule has 0 spiro atoms. The third-order valence-corrected chi connectivity index (χ3v) is 3.82. The van der Waals surface area contributed by atoms with Gasteiger partial charge in [0.1, 0.15) is 0 Å². The molecule has 3 rings (SSSR count). The Kier molecular flexibility index (Phi) is 4.59. The zero-order valence-electron chi connectivity index (χ0n) is 13.4. The van der Waals surface area contributed by atoms with E-state index in [0.29, 0.717) is 18.1 Å². The summed E-state index contributed by atoms with van der Waals surface area (Å²) in [5, 5.41) is 3.71. The van der Waals surface area contributed by atoms with Crippen molar-refractivity contribution in [2.75, 3.05) is 0 Å². The van der Waals surface area contributed by atoms with Gasteiger partial charge in [0.05, 0.1) is 11.6 Å². The minimum atomic E-state index is -4.33. The first-order valence-electron chi connectivity index (χ1n) is 7.65. The maximum atomic E-state index is 12.6. The van der Waals surface area contributed by atoms with E-state index in [4.69, 9.17) is 10.3 Å². The van der Waals surface area contributed by atoms with Gasteiger partial charge in [0, 0.05) is 0 Å². The highest BCUT2D eigenvalue weighted by molar-refractivity contribution is 5.64. The van der Waals surface area contributed by atoms with Gasteiger partial charge in [0.15, 0.2) is 5.82 Å². The molecule has 130 valence electrons. The highest BCUT2D eigenvalue weighted by Gasteiger charge is 2.29. The summed E-state index contributed by atoms with van der Waals surface area (Å²) >= 11 is 0. The zero-order valence-corrected chi connectivity index (χ0v) is 13.4. The fraction of sp³-hybridized carbons (Fsp3) is 0.222. The van der Waals surface area contributed by atoms with E-state index in [1.165, 1.54) is 12.1 Å². The lowest BCUT2D eigenvalue weighted by Gasteiger charge is -2.09. The largest absolute Gasteiger partial charge is 0.416 e. The molecule has 25 heavy (non-hydrogen) atoms. The summed E-state index contributed by atoms with van der Waals surface area (Å²) < 4.78 is 42.9. The van der Waals surface area contributed by atoms with Crippen LogP contribution in [0.25, 0.3) is 11.1 Å². The van der Waals surface area contributed by atoms with Gasteiger partial charge in [-0.05, 0) is 42.2 Å². The molecular formula is C18H16F3N3O. The maximum absolute atomic E-state index is 12.6. The zero-order chi connectivity index (χ0) is 18.0. The lowest BCUT2D eigenvalue weighted by Crippen LogP contribution is -2.13. The van der Waals surface area contributed by atoms with Crippen molar-refractivity contribution in [2.24, 2.45) is 5.73 Å². The molecule has 0 unspecified atom stereocenters. The average molecular weight is 347 g/mol. The summed E-state index contributed by atoms with van der Waals surface area (Å²) in [5.74, 6) is 0.910. The van der Waals surface area contributed by atoms with Crippen LogP contribution in [-0.2, 0) is 12.6 Å². The fourth-order valence-electron chi connectivity index (χ4n) is 2.49. The molecule has 1 heterocycles. The predicted molar refractivity (Wildman–Crippen MR) is 86.5 cm³/mol. The summed E-state index contributed by atoms with van der Waals surface area (Å²) in [7, 11) is 0. The highest BCUT2D eigenvalue weighted by atomic mass is 19.4. The highest BCUT2D eigenvalue weighted by Crippen LogP contribution is 2.31. The van der Waals surface area contributed by atoms with Crippen LogP contribution in [0.3, 0.4) is 0 Å². The average Bonchev–Trinajstić information content (AvgIpc) is 3.02. The second kappa shape index (κ2) is 6.68. The fourth-order valence-corrected chi connectivity index (χ4v) is 2.49. The van der Waals surface area contributed by atoms with Crippen molar-refractivity contribution in [3.8, 4) is 11.1 Å². The van der Waals surface area contributed by atoms with Gasteiger partial charge in [-0.15, -0.1) is 0 Å². The lowest BCUT2D eigenvalue weighted by atomic mass is 10.00. The molecule has 0 aliphatic heterocycles. The van der Waals surface area contributed by atoms with E-state index in [1.807, 2.05) is 24.3 Å². The summed E-state index contributed by atoms with van der Waals surface area (Å²) in [6, 6.07) is 12.2. The quantitative estimate of drug-likeness (QED) is 0.764. The second-order valence-corrected chi connectivity index (χ2v) is 5.76. The molecule has 0 fully saturated rings. The monoisotopic (exact) mass is 347 g/mol. The van der Waals surface area contributed by atoms with Crippen LogP contribution in [0.1, 0.15) is 28.9 Å². The molecule has 0 aliphatic rings. The molecule has 1 aromatic heterocycles. The van der Waals surface area contributed by atoms with E-state index in [9.17, 15) is 13.2 Å². The standard InChI is InChI=1S/C18H16F3N3O/c1-11-23-17(25-24-11)16(22)10-12-2-4-13(5-3-12)14-6-8-15(9-7-14)18(19,20)21/h2-9,16H,10,22H2,1H3/t16-/m1/s1. The molecule has 0 saturated carbocycles. The third-order valence-electron chi connectivity index (χ3n) is 3.82. The Balaban J connectivity index is 1.71. The molecule has 1 atom stereocenters. The number of aryl methyl sites for hydroxylation is 1. The molecule has 0 bridgehead atoms. The summed E-state index contributed by atoms with van der Waals surface area (Å²) in [4.78, 5) is 4.11. The Bertz CT molecular complexity index is 839. The number of hydrogen-bond acceptors (Lipinski definition) is 4. The predicted octanol–water partition coefficient (Wildman–Crippen LogP) is 4.31. The first-order chi connectivity index (χ1) is 11.8. The molecule has 0 saturated heterocycles. The van der Waals surface area contributed by atoms with E-state index < -0.39 is 17.8 Å². The number of alkyl halides is 3. The summed E-state index contributed by atoms with van der Waals surface area (Å²) in [6.45, 7) is 1.72. The molecule has 4 nitrogen and oxygen atoms in total. The van der Waals surface area contributed by atoms with Crippen LogP contribution in [0.2, 0.25) is 0 Å². The van der Waals surface area contributed by atoms with Gasteiger partial charge in [0.25, 0.3) is 0 Å². The number of nitrogens with zero attached hydrogens (tertiary/aromatic N) is 2. The number of aromatic nitrogens is 2. The van der Waals surface area contributed by atoms with E-state index in [1.54, 1.807) is 6.92 Å². The summed E-state index contributed by atoms with van der Waals surface area (Å²) in [6.07, 6.45) is -3.81. The van der Waals surface area contributed by atoms with Crippen LogP contribution in [0.15, 0.2) is 53.1 Å². The molecule has 0 amide bonds. The Hall–Kier alpha value is -2.67. The number of hydrogen-bond donors (Lipinski definition) is 1. The van der Waals surface area contributed by atoms with Crippen LogP contribution in [-0.4, -0.2) is 10.1 Å². The molecule has 7 heteroatoms. The van der Waals surface area contributed by atoms with Gasteiger partial charge in [-0.25, -0.2) is 0 Å². The van der Waals surface area contributed by atoms with Crippen molar-refractivity contribution in [1.82, 2.24) is 10.1 Å². The minimum absolute atomic E-state index is 0.379. The van der Waals surface area contributed by atoms with E-state index in [-0.39, 0.29) is 0 Å². The maximum Gasteiger partial charge on any atom is 0.416 e. The van der Waals surface area contributed by atoms with Gasteiger partial charge in [-0.2, -0.15) is 18.2 Å². The Labute approximate surface area is 142 Å². The summed E-state index contributed by atoms with van der Waals surface area (Å²) in [5.41, 5.74) is 7.91. The van der Waals surface area contributed by atoms with Crippen molar-refractivity contribution in [3.05, 3.63) is 71.4 Å². The lowest BCUT2D eigenvalue weighted by molar-refractivity contribution is -0.137. The second-order valence-electron chi connectivity index (χ2n) is 5.76. The van der Waals surface area contributed by atoms with Gasteiger partial charge in [0.2, 0.25) is 5.89 Å². The first-order valence-corrected chi connectivity index (χ1v) is 7.65. The van der Waals surface area contributed by atoms with Crippen molar-refractivity contribution < 1.29 is 17.7 Å². The van der Waals surface area contributed by atoms with Gasteiger partial charge in [-0.3, -0.25) is 0 Å². The number of benzene rings is 2. The van der Waals surface area contributed by atoms with Gasteiger partial charge < -0.3 is 10.3 Å². The van der Waals surface area contributed by atoms with Crippen LogP contribution >= 0.6 is 0 Å². The van der Waals surface area contributed by atoms with Crippen molar-refractivity contribution in [3.63, 3.8) is 0 Å². The molecular weight excluding hydrogens is 331 g/mol. The van der Waals surface area contributed by atoms with E-state index in [0.717, 1.165) is 28.8 Å². The molecule has 3 aromatic rings. The molecule has 0 aliphatic carbocycles. The third kappa shape index (κ3) is 4.06. The van der Waals surface area contributed by atoms with Crippen LogP contribution in [0.5, 0.6) is 0 Å². The van der Waals surface area contributed by atoms with Gasteiger partial charge in [-0.1, -0.05) is 41.6 Å². The van der Waals surface area contributed by atoms with Crippen LogP contribution in [0, 0.1) is 6.92 Å². The van der Waals surface area contributed by atoms with Crippen molar-refractivity contribution >= 4 is 0 Å². The van der Waals surface area contributed by atoms with E-state index in [2.05, 4.69) is 10.1 Å². The minimum Gasteiger partial charge on any atom is -0.338 e. The number of nitrogens with two attached hydrogens (primary N) is 1. The van der Waals surface area contributed by atoms with Crippen molar-refractivity contribution in [2.45, 2.75) is 25.6 Å². The number of halogens is 3. The first kappa shape index (κ1) is 17.2. The topological polar surface area (TPSA) is 64.9 Å². The normalized spacial score (nSPS) is 13.0. The smallest absolute Gasteiger partial charge is 0.338 e. The van der Waals surface area contributed by atoms with E-state index >= 15 is 0 Å². The van der Waals surface area contributed by atoms with Gasteiger partial charge >= 0.3 is 6.18 Å². The Morgan fingerprint density at radius 3 is 2.04 bits per heavy atom. The Morgan fingerprint density at radius 1 is 1.00 bits per heavy atom. The molecule has 0 radical (unpaired) electrons.